The van der Waals surface area contributed by atoms with E-state index < -0.39 is 16.1 Å². The Labute approximate surface area is 143 Å². The highest BCUT2D eigenvalue weighted by molar-refractivity contribution is 7.89. The van der Waals surface area contributed by atoms with Crippen LogP contribution in [0.2, 0.25) is 0 Å². The summed E-state index contributed by atoms with van der Waals surface area (Å²) in [4.78, 5) is 14.4. The SMILES string of the molecule is CC(C)CC(NS(=O)(=O)c1cccc(N)c1)C(=O)N1CCOCC1. The summed E-state index contributed by atoms with van der Waals surface area (Å²) in [5, 5.41) is 0. The second-order valence-electron chi connectivity index (χ2n) is 6.31. The molecule has 0 radical (unpaired) electrons. The molecule has 24 heavy (non-hydrogen) atoms. The molecular weight excluding hydrogens is 330 g/mol. The zero-order chi connectivity index (χ0) is 17.7. The average molecular weight is 355 g/mol. The predicted molar refractivity (Wildman–Crippen MR) is 91.8 cm³/mol. The molecule has 0 aromatic heterocycles. The first-order chi connectivity index (χ1) is 11.3. The number of benzene rings is 1. The van der Waals surface area contributed by atoms with Crippen molar-refractivity contribution in [1.82, 2.24) is 9.62 Å². The van der Waals surface area contributed by atoms with Crippen LogP contribution in [-0.2, 0) is 19.6 Å². The molecule has 1 saturated heterocycles. The molecule has 3 N–H and O–H groups in total. The molecule has 1 aliphatic heterocycles. The standard InChI is InChI=1S/C16H25N3O4S/c1-12(2)10-15(16(20)19-6-8-23-9-7-19)18-24(21,22)14-5-3-4-13(17)11-14/h3-5,11-12,15,18H,6-10,17H2,1-2H3. The zero-order valence-corrected chi connectivity index (χ0v) is 14.9. The van der Waals surface area contributed by atoms with E-state index in [9.17, 15) is 13.2 Å². The van der Waals surface area contributed by atoms with Gasteiger partial charge in [-0.3, -0.25) is 4.79 Å². The molecule has 1 aromatic rings. The van der Waals surface area contributed by atoms with Crippen LogP contribution in [0.3, 0.4) is 0 Å². The molecule has 1 amide bonds. The molecule has 1 aromatic carbocycles. The van der Waals surface area contributed by atoms with Gasteiger partial charge in [0.25, 0.3) is 0 Å². The lowest BCUT2D eigenvalue weighted by molar-refractivity contribution is -0.137. The van der Waals surface area contributed by atoms with Crippen LogP contribution in [0.25, 0.3) is 0 Å². The number of amides is 1. The Morgan fingerprint density at radius 3 is 2.58 bits per heavy atom. The van der Waals surface area contributed by atoms with Crippen molar-refractivity contribution in [3.8, 4) is 0 Å². The Hall–Kier alpha value is -1.64. The van der Waals surface area contributed by atoms with Gasteiger partial charge in [-0.25, -0.2) is 8.42 Å². The molecule has 1 unspecified atom stereocenters. The maximum atomic E-state index is 12.7. The molecule has 0 aliphatic carbocycles. The summed E-state index contributed by atoms with van der Waals surface area (Å²) in [6.07, 6.45) is 0.428. The fourth-order valence-corrected chi connectivity index (χ4v) is 3.87. The van der Waals surface area contributed by atoms with Crippen molar-refractivity contribution in [2.24, 2.45) is 5.92 Å². The third-order valence-corrected chi connectivity index (χ3v) is 5.26. The normalized spacial score (nSPS) is 17.0. The summed E-state index contributed by atoms with van der Waals surface area (Å²) in [5.41, 5.74) is 6.02. The third kappa shape index (κ3) is 4.93. The van der Waals surface area contributed by atoms with Crippen molar-refractivity contribution >= 4 is 21.6 Å². The van der Waals surface area contributed by atoms with Crippen LogP contribution >= 0.6 is 0 Å². The van der Waals surface area contributed by atoms with Gasteiger partial charge in [0.15, 0.2) is 0 Å². The van der Waals surface area contributed by atoms with E-state index in [1.165, 1.54) is 12.1 Å². The van der Waals surface area contributed by atoms with Crippen molar-refractivity contribution in [2.45, 2.75) is 31.2 Å². The van der Waals surface area contributed by atoms with Crippen molar-refractivity contribution < 1.29 is 17.9 Å². The van der Waals surface area contributed by atoms with Crippen LogP contribution < -0.4 is 10.5 Å². The zero-order valence-electron chi connectivity index (χ0n) is 14.1. The van der Waals surface area contributed by atoms with E-state index in [-0.39, 0.29) is 16.7 Å². The number of hydrogen-bond acceptors (Lipinski definition) is 5. The molecule has 8 heteroatoms. The minimum absolute atomic E-state index is 0.0611. The molecule has 0 bridgehead atoms. The summed E-state index contributed by atoms with van der Waals surface area (Å²) in [6.45, 7) is 5.81. The van der Waals surface area contributed by atoms with Crippen LogP contribution in [-0.4, -0.2) is 51.6 Å². The molecule has 1 aliphatic rings. The number of carbonyl (C=O) groups excluding carboxylic acids is 1. The first-order valence-electron chi connectivity index (χ1n) is 8.04. The fourth-order valence-electron chi connectivity index (χ4n) is 2.61. The van der Waals surface area contributed by atoms with Gasteiger partial charge < -0.3 is 15.4 Å². The van der Waals surface area contributed by atoms with Crippen molar-refractivity contribution in [2.75, 3.05) is 32.0 Å². The van der Waals surface area contributed by atoms with E-state index in [1.54, 1.807) is 17.0 Å². The lowest BCUT2D eigenvalue weighted by Crippen LogP contribution is -2.52. The van der Waals surface area contributed by atoms with Gasteiger partial charge in [0, 0.05) is 18.8 Å². The van der Waals surface area contributed by atoms with Gasteiger partial charge in [-0.1, -0.05) is 19.9 Å². The van der Waals surface area contributed by atoms with Gasteiger partial charge in [-0.05, 0) is 30.5 Å². The fraction of sp³-hybridized carbons (Fsp3) is 0.562. The number of hydrogen-bond donors (Lipinski definition) is 2. The van der Waals surface area contributed by atoms with Crippen molar-refractivity contribution in [1.29, 1.82) is 0 Å². The van der Waals surface area contributed by atoms with E-state index >= 15 is 0 Å². The Kier molecular flexibility index (Phi) is 6.20. The highest BCUT2D eigenvalue weighted by Gasteiger charge is 2.30. The van der Waals surface area contributed by atoms with Crippen LogP contribution in [0.15, 0.2) is 29.2 Å². The lowest BCUT2D eigenvalue weighted by atomic mass is 10.0. The first-order valence-corrected chi connectivity index (χ1v) is 9.52. The van der Waals surface area contributed by atoms with Crippen LogP contribution in [0.4, 0.5) is 5.69 Å². The molecule has 0 saturated carbocycles. The maximum Gasteiger partial charge on any atom is 0.241 e. The summed E-state index contributed by atoms with van der Waals surface area (Å²) in [6, 6.07) is 5.24. The first kappa shape index (κ1) is 18.7. The van der Waals surface area contributed by atoms with E-state index in [0.717, 1.165) is 0 Å². The number of nitrogen functional groups attached to an aromatic ring is 1. The van der Waals surface area contributed by atoms with Crippen LogP contribution in [0, 0.1) is 5.92 Å². The number of anilines is 1. The number of nitrogens with two attached hydrogens (primary N) is 1. The van der Waals surface area contributed by atoms with E-state index in [1.807, 2.05) is 13.8 Å². The molecule has 2 rings (SSSR count). The third-order valence-electron chi connectivity index (χ3n) is 3.79. The number of sulfonamides is 1. The van der Waals surface area contributed by atoms with E-state index in [0.29, 0.717) is 38.4 Å². The van der Waals surface area contributed by atoms with Crippen molar-refractivity contribution in [3.63, 3.8) is 0 Å². The molecule has 1 atom stereocenters. The Morgan fingerprint density at radius 1 is 1.33 bits per heavy atom. The van der Waals surface area contributed by atoms with Gasteiger partial charge in [0.05, 0.1) is 18.1 Å². The minimum Gasteiger partial charge on any atom is -0.399 e. The summed E-state index contributed by atoms with van der Waals surface area (Å²) >= 11 is 0. The topological polar surface area (TPSA) is 102 Å². The second kappa shape index (κ2) is 7.96. The van der Waals surface area contributed by atoms with Crippen LogP contribution in [0.1, 0.15) is 20.3 Å². The number of carbonyl (C=O) groups is 1. The quantitative estimate of drug-likeness (QED) is 0.736. The highest BCUT2D eigenvalue weighted by Crippen LogP contribution is 2.16. The molecule has 0 spiro atoms. The molecular formula is C16H25N3O4S. The Balaban J connectivity index is 2.19. The van der Waals surface area contributed by atoms with Gasteiger partial charge in [0.1, 0.15) is 6.04 Å². The lowest BCUT2D eigenvalue weighted by Gasteiger charge is -2.31. The number of morpholine rings is 1. The van der Waals surface area contributed by atoms with Crippen molar-refractivity contribution in [3.05, 3.63) is 24.3 Å². The van der Waals surface area contributed by atoms with E-state index in [2.05, 4.69) is 4.72 Å². The predicted octanol–water partition coefficient (Wildman–Crippen LogP) is 0.821. The smallest absolute Gasteiger partial charge is 0.241 e. The summed E-state index contributed by atoms with van der Waals surface area (Å²) in [5.74, 6) is -0.0389. The number of nitrogens with zero attached hydrogens (tertiary/aromatic N) is 1. The monoisotopic (exact) mass is 355 g/mol. The Morgan fingerprint density at radius 2 is 2.00 bits per heavy atom. The Bertz CT molecular complexity index is 670. The number of nitrogens with one attached hydrogen (secondary N) is 1. The number of ether oxygens (including phenoxy) is 1. The summed E-state index contributed by atoms with van der Waals surface area (Å²) < 4.78 is 33.0. The van der Waals surface area contributed by atoms with Gasteiger partial charge >= 0.3 is 0 Å². The van der Waals surface area contributed by atoms with Crippen LogP contribution in [0.5, 0.6) is 0 Å². The number of rotatable bonds is 6. The average Bonchev–Trinajstić information content (AvgIpc) is 2.54. The largest absolute Gasteiger partial charge is 0.399 e. The van der Waals surface area contributed by atoms with Gasteiger partial charge in [-0.15, -0.1) is 0 Å². The molecule has 1 fully saturated rings. The van der Waals surface area contributed by atoms with E-state index in [4.69, 9.17) is 10.5 Å². The molecule has 1 heterocycles. The maximum absolute atomic E-state index is 12.7. The molecule has 7 nitrogen and oxygen atoms in total. The minimum atomic E-state index is -3.82. The van der Waals surface area contributed by atoms with Gasteiger partial charge in [0.2, 0.25) is 15.9 Å². The van der Waals surface area contributed by atoms with Gasteiger partial charge in [-0.2, -0.15) is 4.72 Å². The summed E-state index contributed by atoms with van der Waals surface area (Å²) in [7, 11) is -3.82. The second-order valence-corrected chi connectivity index (χ2v) is 8.03. The highest BCUT2D eigenvalue weighted by atomic mass is 32.2. The molecule has 134 valence electrons.